The Morgan fingerprint density at radius 1 is 1.06 bits per heavy atom. The lowest BCUT2D eigenvalue weighted by Gasteiger charge is -2.22. The van der Waals surface area contributed by atoms with Gasteiger partial charge in [-0.2, -0.15) is 0 Å². The van der Waals surface area contributed by atoms with Gasteiger partial charge < -0.3 is 21.7 Å². The number of carbonyl (C=O) groups excluding carboxylic acids is 2. The van der Waals surface area contributed by atoms with Gasteiger partial charge in [0, 0.05) is 41.9 Å². The van der Waals surface area contributed by atoms with Crippen LogP contribution in [0.5, 0.6) is 0 Å². The zero-order chi connectivity index (χ0) is 23.8. The van der Waals surface area contributed by atoms with E-state index in [0.717, 1.165) is 30.4 Å². The van der Waals surface area contributed by atoms with Crippen molar-refractivity contribution in [3.05, 3.63) is 64.7 Å². The van der Waals surface area contributed by atoms with E-state index in [0.29, 0.717) is 48.0 Å². The fourth-order valence-corrected chi connectivity index (χ4v) is 3.85. The second-order valence-corrected chi connectivity index (χ2v) is 8.21. The summed E-state index contributed by atoms with van der Waals surface area (Å²) < 4.78 is 0. The number of hydrogen-bond acceptors (Lipinski definition) is 5. The molecule has 1 aliphatic heterocycles. The quantitative estimate of drug-likeness (QED) is 0.541. The first kappa shape index (κ1) is 24.2. The molecule has 2 aromatic rings. The molecule has 7 heteroatoms. The van der Waals surface area contributed by atoms with Gasteiger partial charge in [0.05, 0.1) is 5.69 Å². The third-order valence-electron chi connectivity index (χ3n) is 5.45. The molecule has 0 fully saturated rings. The average molecular weight is 448 g/mol. The number of fused-ring (bicyclic) bond motifs is 1. The molecule has 0 bridgehead atoms. The predicted octanol–water partition coefficient (Wildman–Crippen LogP) is 3.86. The molecule has 0 unspecified atom stereocenters. The van der Waals surface area contributed by atoms with Gasteiger partial charge in [-0.25, -0.2) is 4.99 Å². The molecule has 1 aliphatic rings. The van der Waals surface area contributed by atoms with Gasteiger partial charge in [-0.3, -0.25) is 9.59 Å². The summed E-state index contributed by atoms with van der Waals surface area (Å²) in [5, 5.41) is 2.91. The van der Waals surface area contributed by atoms with E-state index in [1.165, 1.54) is 0 Å². The number of hydrogen-bond donors (Lipinski definition) is 3. The van der Waals surface area contributed by atoms with Crippen molar-refractivity contribution in [2.75, 3.05) is 25.0 Å². The maximum absolute atomic E-state index is 13.1. The van der Waals surface area contributed by atoms with Crippen molar-refractivity contribution in [2.24, 2.45) is 16.5 Å². The van der Waals surface area contributed by atoms with Crippen molar-refractivity contribution in [2.45, 2.75) is 39.5 Å². The number of aliphatic imine (C=N–C) groups is 1. The van der Waals surface area contributed by atoms with Crippen molar-refractivity contribution < 1.29 is 9.59 Å². The van der Waals surface area contributed by atoms with E-state index < -0.39 is 0 Å². The van der Waals surface area contributed by atoms with Gasteiger partial charge in [0.2, 0.25) is 5.91 Å². The number of nitrogens with zero attached hydrogens (tertiary/aromatic N) is 2. The first-order chi connectivity index (χ1) is 15.9. The van der Waals surface area contributed by atoms with Crippen molar-refractivity contribution in [1.29, 1.82) is 0 Å². The minimum atomic E-state index is -0.236. The third-order valence-corrected chi connectivity index (χ3v) is 5.45. The second kappa shape index (κ2) is 11.4. The fraction of sp³-hybridized carbons (Fsp3) is 0.346. The van der Waals surface area contributed by atoms with Gasteiger partial charge in [0.1, 0.15) is 5.84 Å². The number of amides is 2. The largest absolute Gasteiger partial charge is 0.387 e. The summed E-state index contributed by atoms with van der Waals surface area (Å²) in [6.45, 7) is 6.12. The number of anilines is 1. The van der Waals surface area contributed by atoms with Crippen LogP contribution in [0.4, 0.5) is 11.4 Å². The zero-order valence-electron chi connectivity index (χ0n) is 19.4. The number of nitrogens with one attached hydrogen (secondary N) is 1. The lowest BCUT2D eigenvalue weighted by molar-refractivity contribution is -0.127. The van der Waals surface area contributed by atoms with E-state index in [9.17, 15) is 9.59 Å². The van der Waals surface area contributed by atoms with Gasteiger partial charge in [-0.05, 0) is 61.7 Å². The molecule has 2 aromatic carbocycles. The molecule has 2 amide bonds. The van der Waals surface area contributed by atoms with E-state index in [-0.39, 0.29) is 18.2 Å². The van der Waals surface area contributed by atoms with Crippen molar-refractivity contribution in [1.82, 2.24) is 4.90 Å². The van der Waals surface area contributed by atoms with Gasteiger partial charge in [0.25, 0.3) is 5.91 Å². The molecule has 0 spiro atoms. The summed E-state index contributed by atoms with van der Waals surface area (Å²) in [6, 6.07) is 12.9. The molecule has 7 nitrogen and oxygen atoms in total. The Labute approximate surface area is 195 Å². The first-order valence-corrected chi connectivity index (χ1v) is 11.5. The minimum Gasteiger partial charge on any atom is -0.387 e. The van der Waals surface area contributed by atoms with Crippen LogP contribution < -0.4 is 16.8 Å². The number of nitrogens with two attached hydrogens (primary N) is 2. The summed E-state index contributed by atoms with van der Waals surface area (Å²) >= 11 is 0. The molecule has 0 atom stereocenters. The SMILES string of the molecule is CCCN(CCC)C(=O)C1=Cc2ccc(C(=O)Nc3ccc(CCN)cc3)cc2N=C(N)C1. The topological polar surface area (TPSA) is 114 Å². The van der Waals surface area contributed by atoms with E-state index in [4.69, 9.17) is 11.5 Å². The predicted molar refractivity (Wildman–Crippen MR) is 135 cm³/mol. The fourth-order valence-electron chi connectivity index (χ4n) is 3.85. The average Bonchev–Trinajstić information content (AvgIpc) is 2.97. The maximum atomic E-state index is 13.1. The van der Waals surface area contributed by atoms with Crippen molar-refractivity contribution in [3.8, 4) is 0 Å². The lowest BCUT2D eigenvalue weighted by Crippen LogP contribution is -2.34. The molecule has 1 heterocycles. The first-order valence-electron chi connectivity index (χ1n) is 11.5. The third kappa shape index (κ3) is 6.29. The summed E-state index contributed by atoms with van der Waals surface area (Å²) in [6.07, 6.45) is 4.72. The van der Waals surface area contributed by atoms with E-state index in [1.54, 1.807) is 12.1 Å². The molecule has 0 saturated heterocycles. The molecule has 0 saturated carbocycles. The Kier molecular flexibility index (Phi) is 8.38. The molecular weight excluding hydrogens is 414 g/mol. The molecule has 174 valence electrons. The molecule has 5 N–H and O–H groups in total. The van der Waals surface area contributed by atoms with Crippen LogP contribution in [0.1, 0.15) is 54.6 Å². The van der Waals surface area contributed by atoms with Crippen LogP contribution >= 0.6 is 0 Å². The lowest BCUT2D eigenvalue weighted by atomic mass is 10.0. The number of carbonyl (C=O) groups is 2. The van der Waals surface area contributed by atoms with Crippen LogP contribution in [0.3, 0.4) is 0 Å². The van der Waals surface area contributed by atoms with E-state index >= 15 is 0 Å². The highest BCUT2D eigenvalue weighted by molar-refractivity contribution is 6.07. The second-order valence-electron chi connectivity index (χ2n) is 8.21. The van der Waals surface area contributed by atoms with Crippen LogP contribution in [0.15, 0.2) is 53.0 Å². The van der Waals surface area contributed by atoms with Crippen molar-refractivity contribution in [3.63, 3.8) is 0 Å². The zero-order valence-corrected chi connectivity index (χ0v) is 19.4. The van der Waals surface area contributed by atoms with Crippen LogP contribution in [-0.4, -0.2) is 42.2 Å². The van der Waals surface area contributed by atoms with Gasteiger partial charge >= 0.3 is 0 Å². The smallest absolute Gasteiger partial charge is 0.255 e. The van der Waals surface area contributed by atoms with Crippen LogP contribution in [-0.2, 0) is 11.2 Å². The molecule has 33 heavy (non-hydrogen) atoms. The number of amidine groups is 1. The summed E-state index contributed by atoms with van der Waals surface area (Å²) in [7, 11) is 0. The van der Waals surface area contributed by atoms with Crippen LogP contribution in [0.2, 0.25) is 0 Å². The van der Waals surface area contributed by atoms with Gasteiger partial charge in [0.15, 0.2) is 0 Å². The summed E-state index contributed by atoms with van der Waals surface area (Å²) in [5.41, 5.74) is 16.0. The monoisotopic (exact) mass is 447 g/mol. The standard InChI is InChI=1S/C26H33N5O2/c1-3-13-31(14-4-2)26(33)21-15-19-7-8-20(16-23(19)30-24(28)17-21)25(32)29-22-9-5-18(6-10-22)11-12-27/h5-10,15-16H,3-4,11-14,17,27H2,1-2H3,(H2,28,30)(H,29,32). The Balaban J connectivity index is 1.82. The summed E-state index contributed by atoms with van der Waals surface area (Å²) in [4.78, 5) is 32.3. The van der Waals surface area contributed by atoms with Crippen LogP contribution in [0.25, 0.3) is 6.08 Å². The van der Waals surface area contributed by atoms with Crippen molar-refractivity contribution >= 4 is 35.1 Å². The molecule has 0 aromatic heterocycles. The Bertz CT molecular complexity index is 1050. The molecule has 0 aliphatic carbocycles. The van der Waals surface area contributed by atoms with Crippen LogP contribution in [0, 0.1) is 0 Å². The summed E-state index contributed by atoms with van der Waals surface area (Å²) in [5.74, 6) is 0.110. The molecule has 0 radical (unpaired) electrons. The molecular formula is C26H33N5O2. The minimum absolute atomic E-state index is 0.00963. The normalized spacial score (nSPS) is 12.8. The Hall–Kier alpha value is -3.45. The highest BCUT2D eigenvalue weighted by Crippen LogP contribution is 2.29. The highest BCUT2D eigenvalue weighted by Gasteiger charge is 2.21. The Morgan fingerprint density at radius 2 is 1.76 bits per heavy atom. The number of benzene rings is 2. The maximum Gasteiger partial charge on any atom is 0.255 e. The number of rotatable bonds is 9. The van der Waals surface area contributed by atoms with E-state index in [1.807, 2.05) is 41.3 Å². The Morgan fingerprint density at radius 3 is 2.39 bits per heavy atom. The molecule has 3 rings (SSSR count). The van der Waals surface area contributed by atoms with Gasteiger partial charge in [-0.15, -0.1) is 0 Å². The van der Waals surface area contributed by atoms with E-state index in [2.05, 4.69) is 24.2 Å². The highest BCUT2D eigenvalue weighted by atomic mass is 16.2. The van der Waals surface area contributed by atoms with Gasteiger partial charge in [-0.1, -0.05) is 32.0 Å².